The molecule has 11 nitrogen and oxygen atoms in total. The van der Waals surface area contributed by atoms with Gasteiger partial charge in [-0.25, -0.2) is 19.1 Å². The quantitative estimate of drug-likeness (QED) is 0.183. The minimum absolute atomic E-state index is 0.140. The first-order valence-corrected chi connectivity index (χ1v) is 16.9. The maximum Gasteiger partial charge on any atom is 0.268 e. The molecule has 0 aliphatic carbocycles. The number of nitrogens with zero attached hydrogens (tertiary/aromatic N) is 9. The Bertz CT molecular complexity index is 2770. The second kappa shape index (κ2) is 12.0. The maximum absolute atomic E-state index is 14.6. The van der Waals surface area contributed by atoms with Gasteiger partial charge in [0.1, 0.15) is 11.3 Å². The zero-order chi connectivity index (χ0) is 35.5. The van der Waals surface area contributed by atoms with Crippen LogP contribution in [0.2, 0.25) is 0 Å². The van der Waals surface area contributed by atoms with E-state index in [4.69, 9.17) is 29.9 Å². The SMILES string of the molecule is O=c1c2cccc3c(=O)n(-c4nc(-c5ccccc5)nc(-c5ccccc5)n4)c4ccc(n1-c1nc(-c5ccccc5)nc(-c5ccccc5)n1)n4c23. The van der Waals surface area contributed by atoms with E-state index in [9.17, 15) is 9.59 Å². The van der Waals surface area contributed by atoms with Crippen LogP contribution in [0, 0.1) is 0 Å². The first-order chi connectivity index (χ1) is 26.1. The van der Waals surface area contributed by atoms with Gasteiger partial charge < -0.3 is 0 Å². The van der Waals surface area contributed by atoms with E-state index in [-0.39, 0.29) is 23.0 Å². The van der Waals surface area contributed by atoms with E-state index in [0.717, 1.165) is 22.3 Å². The van der Waals surface area contributed by atoms with E-state index in [1.807, 2.05) is 126 Å². The average molecular weight is 688 g/mol. The molecule has 0 spiro atoms. The van der Waals surface area contributed by atoms with Gasteiger partial charge in [-0.3, -0.25) is 14.0 Å². The average Bonchev–Trinajstić information content (AvgIpc) is 3.66. The Morgan fingerprint density at radius 1 is 0.340 bits per heavy atom. The van der Waals surface area contributed by atoms with Gasteiger partial charge in [0, 0.05) is 22.3 Å². The predicted molar refractivity (Wildman–Crippen MR) is 203 cm³/mol. The van der Waals surface area contributed by atoms with E-state index < -0.39 is 0 Å². The minimum Gasteiger partial charge on any atom is -0.279 e. The van der Waals surface area contributed by atoms with Crippen molar-refractivity contribution in [2.75, 3.05) is 0 Å². The molecule has 53 heavy (non-hydrogen) atoms. The Kier molecular flexibility index (Phi) is 6.83. The van der Waals surface area contributed by atoms with Crippen molar-refractivity contribution in [3.8, 4) is 57.4 Å². The van der Waals surface area contributed by atoms with E-state index in [0.29, 0.717) is 50.9 Å². The molecular formula is C42H25N9O2. The summed E-state index contributed by atoms with van der Waals surface area (Å²) >= 11 is 0. The molecule has 0 saturated carbocycles. The molecule has 0 amide bonds. The van der Waals surface area contributed by atoms with Crippen LogP contribution < -0.4 is 11.1 Å². The minimum atomic E-state index is -0.373. The molecule has 11 heteroatoms. The van der Waals surface area contributed by atoms with Crippen molar-refractivity contribution in [1.82, 2.24) is 43.4 Å². The largest absolute Gasteiger partial charge is 0.279 e. The lowest BCUT2D eigenvalue weighted by atomic mass is 10.1. The fourth-order valence-electron chi connectivity index (χ4n) is 6.75. The van der Waals surface area contributed by atoms with Crippen LogP contribution >= 0.6 is 0 Å². The van der Waals surface area contributed by atoms with E-state index in [2.05, 4.69) is 0 Å². The van der Waals surface area contributed by atoms with Gasteiger partial charge in [-0.05, 0) is 24.3 Å². The van der Waals surface area contributed by atoms with Gasteiger partial charge in [0.05, 0.1) is 16.3 Å². The number of aromatic nitrogens is 9. The molecule has 10 aromatic rings. The summed E-state index contributed by atoms with van der Waals surface area (Å²) in [5.41, 5.74) is 3.72. The van der Waals surface area contributed by atoms with Gasteiger partial charge in [0.25, 0.3) is 11.1 Å². The Labute approximate surface area is 300 Å². The van der Waals surface area contributed by atoms with Gasteiger partial charge >= 0.3 is 0 Å². The Hall–Kier alpha value is -7.66. The number of hydrogen-bond donors (Lipinski definition) is 0. The van der Waals surface area contributed by atoms with Crippen LogP contribution in [0.3, 0.4) is 0 Å². The van der Waals surface area contributed by atoms with Crippen molar-refractivity contribution < 1.29 is 0 Å². The zero-order valence-electron chi connectivity index (χ0n) is 27.8. The standard InChI is InChI=1S/C42H25N9O2/c52-39-30-22-13-23-31-34(30)49-32(50(39)41-45-35(26-14-5-1-6-15-26)43-36(46-41)27-16-7-2-8-17-27)24-25-33(49)51(40(31)53)42-47-37(28-18-9-3-10-19-28)44-38(48-42)29-20-11-4-12-21-29/h1-25H. The Morgan fingerprint density at radius 3 is 0.981 bits per heavy atom. The zero-order valence-corrected chi connectivity index (χ0v) is 27.8. The first-order valence-electron chi connectivity index (χ1n) is 16.9. The third kappa shape index (κ3) is 4.90. The van der Waals surface area contributed by atoms with Crippen LogP contribution in [0.15, 0.2) is 161 Å². The van der Waals surface area contributed by atoms with Gasteiger partial charge in [0.2, 0.25) is 11.9 Å². The molecule has 0 saturated heterocycles. The summed E-state index contributed by atoms with van der Waals surface area (Å²) in [5.74, 6) is 1.93. The highest BCUT2D eigenvalue weighted by Gasteiger charge is 2.25. The molecule has 5 aromatic heterocycles. The third-order valence-electron chi connectivity index (χ3n) is 9.20. The Morgan fingerprint density at radius 2 is 0.660 bits per heavy atom. The molecule has 10 rings (SSSR count). The van der Waals surface area contributed by atoms with Crippen LogP contribution in [0.25, 0.3) is 85.0 Å². The summed E-state index contributed by atoms with van der Waals surface area (Å²) in [6.07, 6.45) is 0. The molecule has 250 valence electrons. The Balaban J connectivity index is 1.28. The highest BCUT2D eigenvalue weighted by Crippen LogP contribution is 2.28. The van der Waals surface area contributed by atoms with Gasteiger partial charge in [0.15, 0.2) is 23.3 Å². The smallest absolute Gasteiger partial charge is 0.268 e. The van der Waals surface area contributed by atoms with Gasteiger partial charge in [-0.2, -0.15) is 19.9 Å². The van der Waals surface area contributed by atoms with Crippen molar-refractivity contribution in [2.24, 2.45) is 0 Å². The normalized spacial score (nSPS) is 11.5. The molecule has 0 aliphatic heterocycles. The van der Waals surface area contributed by atoms with Gasteiger partial charge in [-0.1, -0.05) is 127 Å². The maximum atomic E-state index is 14.6. The number of hydrogen-bond acceptors (Lipinski definition) is 8. The summed E-state index contributed by atoms with van der Waals surface area (Å²) in [6.45, 7) is 0. The van der Waals surface area contributed by atoms with Crippen molar-refractivity contribution in [3.63, 3.8) is 0 Å². The van der Waals surface area contributed by atoms with Crippen LogP contribution in [0.5, 0.6) is 0 Å². The lowest BCUT2D eigenvalue weighted by Gasteiger charge is -2.17. The van der Waals surface area contributed by atoms with E-state index in [1.54, 1.807) is 30.3 Å². The van der Waals surface area contributed by atoms with Crippen LogP contribution in [0.1, 0.15) is 0 Å². The number of para-hydroxylation sites is 1. The van der Waals surface area contributed by atoms with Gasteiger partial charge in [-0.15, -0.1) is 0 Å². The molecule has 0 radical (unpaired) electrons. The summed E-state index contributed by atoms with van der Waals surface area (Å²) in [4.78, 5) is 58.2. The number of benzene rings is 5. The molecule has 0 atom stereocenters. The molecule has 0 bridgehead atoms. The van der Waals surface area contributed by atoms with E-state index in [1.165, 1.54) is 9.13 Å². The predicted octanol–water partition coefficient (Wildman–Crippen LogP) is 7.02. The van der Waals surface area contributed by atoms with E-state index >= 15 is 0 Å². The van der Waals surface area contributed by atoms with Crippen molar-refractivity contribution in [3.05, 3.63) is 172 Å². The summed E-state index contributed by atoms with van der Waals surface area (Å²) < 4.78 is 4.82. The lowest BCUT2D eigenvalue weighted by molar-refractivity contribution is 0.865. The topological polar surface area (TPSA) is 126 Å². The molecule has 5 aromatic carbocycles. The molecule has 0 unspecified atom stereocenters. The summed E-state index contributed by atoms with van der Waals surface area (Å²) in [5, 5.41) is 0.656. The molecule has 0 fully saturated rings. The summed E-state index contributed by atoms with van der Waals surface area (Å²) in [6, 6.07) is 47.0. The van der Waals surface area contributed by atoms with Crippen molar-refractivity contribution in [1.29, 1.82) is 0 Å². The second-order valence-electron chi connectivity index (χ2n) is 12.4. The monoisotopic (exact) mass is 687 g/mol. The number of rotatable bonds is 6. The molecule has 0 aliphatic rings. The second-order valence-corrected chi connectivity index (χ2v) is 12.4. The third-order valence-corrected chi connectivity index (χ3v) is 9.20. The first kappa shape index (κ1) is 30.2. The highest BCUT2D eigenvalue weighted by molar-refractivity contribution is 5.98. The van der Waals surface area contributed by atoms with Crippen LogP contribution in [0.4, 0.5) is 0 Å². The molecular weight excluding hydrogens is 663 g/mol. The van der Waals surface area contributed by atoms with Crippen molar-refractivity contribution in [2.45, 2.75) is 0 Å². The van der Waals surface area contributed by atoms with Crippen LogP contribution in [-0.4, -0.2) is 43.4 Å². The van der Waals surface area contributed by atoms with Crippen molar-refractivity contribution >= 4 is 27.6 Å². The molecule has 5 heterocycles. The fraction of sp³-hybridized carbons (Fsp3) is 0. The van der Waals surface area contributed by atoms with Crippen LogP contribution in [-0.2, 0) is 0 Å². The molecule has 0 N–H and O–H groups in total. The summed E-state index contributed by atoms with van der Waals surface area (Å²) in [7, 11) is 0. The lowest BCUT2D eigenvalue weighted by Crippen LogP contribution is -2.28. The highest BCUT2D eigenvalue weighted by atomic mass is 16.1. The fourth-order valence-corrected chi connectivity index (χ4v) is 6.75.